The van der Waals surface area contributed by atoms with Crippen molar-refractivity contribution < 1.29 is 4.79 Å². The summed E-state index contributed by atoms with van der Waals surface area (Å²) in [6, 6.07) is 8.79. The van der Waals surface area contributed by atoms with Crippen LogP contribution in [0.15, 0.2) is 30.5 Å². The highest BCUT2D eigenvalue weighted by atomic mass is 16.1. The molecule has 0 radical (unpaired) electrons. The first-order valence-corrected chi connectivity index (χ1v) is 7.51. The van der Waals surface area contributed by atoms with E-state index < -0.39 is 0 Å². The summed E-state index contributed by atoms with van der Waals surface area (Å²) in [6.45, 7) is 2.07. The Morgan fingerprint density at radius 2 is 2.05 bits per heavy atom. The average molecular weight is 283 g/mol. The molecule has 110 valence electrons. The lowest BCUT2D eigenvalue weighted by Crippen LogP contribution is -2.25. The van der Waals surface area contributed by atoms with Crippen LogP contribution >= 0.6 is 0 Å². The molecule has 4 nitrogen and oxygen atoms in total. The van der Waals surface area contributed by atoms with E-state index >= 15 is 0 Å². The van der Waals surface area contributed by atoms with E-state index in [1.807, 2.05) is 17.9 Å². The smallest absolute Gasteiger partial charge is 0.220 e. The molecule has 0 bridgehead atoms. The maximum absolute atomic E-state index is 11.8. The van der Waals surface area contributed by atoms with Gasteiger partial charge in [0, 0.05) is 31.3 Å². The summed E-state index contributed by atoms with van der Waals surface area (Å²) in [5, 5.41) is 7.58. The van der Waals surface area contributed by atoms with Gasteiger partial charge in [0.1, 0.15) is 0 Å². The quantitative estimate of drug-likeness (QED) is 0.917. The third kappa shape index (κ3) is 3.51. The van der Waals surface area contributed by atoms with Gasteiger partial charge in [0.15, 0.2) is 0 Å². The fourth-order valence-electron chi connectivity index (χ4n) is 2.45. The summed E-state index contributed by atoms with van der Waals surface area (Å²) in [4.78, 5) is 11.8. The molecule has 0 spiro atoms. The Bertz CT molecular complexity index is 639. The van der Waals surface area contributed by atoms with E-state index in [0.717, 1.165) is 36.1 Å². The Balaban J connectivity index is 1.72. The Morgan fingerprint density at radius 1 is 1.33 bits per heavy atom. The topological polar surface area (TPSA) is 46.9 Å². The van der Waals surface area contributed by atoms with Gasteiger partial charge in [-0.15, -0.1) is 0 Å². The number of carbonyl (C=O) groups is 1. The SMILES string of the molecule is Cc1ccc(-c2nn(C)cc2CCC(=O)NC2CC2)cc1. The van der Waals surface area contributed by atoms with Crippen molar-refractivity contribution in [1.82, 2.24) is 15.1 Å². The van der Waals surface area contributed by atoms with Gasteiger partial charge in [-0.2, -0.15) is 5.10 Å². The minimum absolute atomic E-state index is 0.149. The summed E-state index contributed by atoms with van der Waals surface area (Å²) in [5.41, 5.74) is 4.46. The van der Waals surface area contributed by atoms with E-state index in [1.54, 1.807) is 0 Å². The molecule has 0 atom stereocenters. The average Bonchev–Trinajstić information content (AvgIpc) is 3.18. The van der Waals surface area contributed by atoms with Gasteiger partial charge < -0.3 is 5.32 Å². The Kier molecular flexibility index (Phi) is 3.78. The van der Waals surface area contributed by atoms with Crippen LogP contribution in [0.4, 0.5) is 0 Å². The van der Waals surface area contributed by atoms with Gasteiger partial charge in [0.05, 0.1) is 5.69 Å². The van der Waals surface area contributed by atoms with Crippen LogP contribution in [0.2, 0.25) is 0 Å². The first-order valence-electron chi connectivity index (χ1n) is 7.51. The highest BCUT2D eigenvalue weighted by Crippen LogP contribution is 2.24. The number of hydrogen-bond acceptors (Lipinski definition) is 2. The number of carbonyl (C=O) groups excluding carboxylic acids is 1. The fraction of sp³-hybridized carbons (Fsp3) is 0.412. The largest absolute Gasteiger partial charge is 0.353 e. The number of nitrogens with one attached hydrogen (secondary N) is 1. The van der Waals surface area contributed by atoms with Gasteiger partial charge >= 0.3 is 0 Å². The van der Waals surface area contributed by atoms with Crippen molar-refractivity contribution in [3.63, 3.8) is 0 Å². The van der Waals surface area contributed by atoms with E-state index in [0.29, 0.717) is 12.5 Å². The molecule has 1 aliphatic rings. The van der Waals surface area contributed by atoms with Crippen molar-refractivity contribution in [3.8, 4) is 11.3 Å². The van der Waals surface area contributed by atoms with Crippen molar-refractivity contribution in [1.29, 1.82) is 0 Å². The Labute approximate surface area is 125 Å². The lowest BCUT2D eigenvalue weighted by atomic mass is 10.0. The number of amides is 1. The number of hydrogen-bond donors (Lipinski definition) is 1. The third-order valence-corrected chi connectivity index (χ3v) is 3.79. The Hall–Kier alpha value is -2.10. The number of rotatable bonds is 5. The minimum Gasteiger partial charge on any atom is -0.353 e. The maximum Gasteiger partial charge on any atom is 0.220 e. The summed E-state index contributed by atoms with van der Waals surface area (Å²) >= 11 is 0. The van der Waals surface area contributed by atoms with Crippen molar-refractivity contribution in [2.75, 3.05) is 0 Å². The van der Waals surface area contributed by atoms with E-state index in [-0.39, 0.29) is 5.91 Å². The molecule has 1 aliphatic carbocycles. The molecular formula is C17H21N3O. The molecule has 1 saturated carbocycles. The molecule has 0 aliphatic heterocycles. The number of nitrogens with zero attached hydrogens (tertiary/aromatic N) is 2. The lowest BCUT2D eigenvalue weighted by Gasteiger charge is -2.04. The minimum atomic E-state index is 0.149. The van der Waals surface area contributed by atoms with Gasteiger partial charge in [0.25, 0.3) is 0 Å². The van der Waals surface area contributed by atoms with Crippen LogP contribution in [-0.4, -0.2) is 21.7 Å². The van der Waals surface area contributed by atoms with E-state index in [1.165, 1.54) is 5.56 Å². The monoisotopic (exact) mass is 283 g/mol. The van der Waals surface area contributed by atoms with Crippen LogP contribution in [0.25, 0.3) is 11.3 Å². The molecule has 2 aromatic rings. The van der Waals surface area contributed by atoms with Crippen molar-refractivity contribution in [2.24, 2.45) is 7.05 Å². The van der Waals surface area contributed by atoms with Crippen molar-refractivity contribution >= 4 is 5.91 Å². The van der Waals surface area contributed by atoms with Gasteiger partial charge in [-0.25, -0.2) is 0 Å². The fourth-order valence-corrected chi connectivity index (χ4v) is 2.45. The molecule has 1 aromatic heterocycles. The van der Waals surface area contributed by atoms with Gasteiger partial charge in [-0.3, -0.25) is 9.48 Å². The first kappa shape index (κ1) is 13.9. The van der Waals surface area contributed by atoms with E-state index in [2.05, 4.69) is 41.6 Å². The molecule has 4 heteroatoms. The molecule has 1 amide bonds. The van der Waals surface area contributed by atoms with E-state index in [4.69, 9.17) is 0 Å². The van der Waals surface area contributed by atoms with Gasteiger partial charge in [-0.1, -0.05) is 29.8 Å². The standard InChI is InChI=1S/C17H21N3O/c1-12-3-5-13(6-4-12)17-14(11-20(2)19-17)7-10-16(21)18-15-8-9-15/h3-6,11,15H,7-10H2,1-2H3,(H,18,21). The third-order valence-electron chi connectivity index (χ3n) is 3.79. The maximum atomic E-state index is 11.8. The number of aromatic nitrogens is 2. The zero-order valence-corrected chi connectivity index (χ0v) is 12.6. The molecule has 3 rings (SSSR count). The predicted molar refractivity (Wildman–Crippen MR) is 82.9 cm³/mol. The van der Waals surface area contributed by atoms with Gasteiger partial charge in [0.2, 0.25) is 5.91 Å². The molecule has 21 heavy (non-hydrogen) atoms. The zero-order chi connectivity index (χ0) is 14.8. The summed E-state index contributed by atoms with van der Waals surface area (Å²) in [7, 11) is 1.92. The van der Waals surface area contributed by atoms with E-state index in [9.17, 15) is 4.79 Å². The van der Waals surface area contributed by atoms with Crippen LogP contribution in [-0.2, 0) is 18.3 Å². The molecule has 1 fully saturated rings. The highest BCUT2D eigenvalue weighted by Gasteiger charge is 2.23. The molecule has 1 heterocycles. The highest BCUT2D eigenvalue weighted by molar-refractivity contribution is 5.77. The number of benzene rings is 1. The second-order valence-electron chi connectivity index (χ2n) is 5.88. The zero-order valence-electron chi connectivity index (χ0n) is 12.6. The van der Waals surface area contributed by atoms with Crippen molar-refractivity contribution in [2.45, 2.75) is 38.6 Å². The molecule has 1 N–H and O–H groups in total. The molecule has 0 saturated heterocycles. The first-order chi connectivity index (χ1) is 10.1. The Morgan fingerprint density at radius 3 is 2.71 bits per heavy atom. The predicted octanol–water partition coefficient (Wildman–Crippen LogP) is 2.61. The summed E-state index contributed by atoms with van der Waals surface area (Å²) < 4.78 is 1.82. The van der Waals surface area contributed by atoms with Crippen LogP contribution in [0.3, 0.4) is 0 Å². The normalized spacial score (nSPS) is 14.2. The van der Waals surface area contributed by atoms with Crippen LogP contribution < -0.4 is 5.32 Å². The molecule has 1 aromatic carbocycles. The second-order valence-corrected chi connectivity index (χ2v) is 5.88. The van der Waals surface area contributed by atoms with Crippen LogP contribution in [0.1, 0.15) is 30.4 Å². The van der Waals surface area contributed by atoms with Crippen LogP contribution in [0, 0.1) is 6.92 Å². The molecule has 0 unspecified atom stereocenters. The lowest BCUT2D eigenvalue weighted by molar-refractivity contribution is -0.121. The summed E-state index contributed by atoms with van der Waals surface area (Å²) in [5.74, 6) is 0.149. The number of aryl methyl sites for hydroxylation is 3. The van der Waals surface area contributed by atoms with Crippen molar-refractivity contribution in [3.05, 3.63) is 41.6 Å². The molecular weight excluding hydrogens is 262 g/mol. The van der Waals surface area contributed by atoms with Crippen LogP contribution in [0.5, 0.6) is 0 Å². The van der Waals surface area contributed by atoms with Gasteiger partial charge in [-0.05, 0) is 31.7 Å². The summed E-state index contributed by atoms with van der Waals surface area (Å²) in [6.07, 6.45) is 5.54. The second kappa shape index (κ2) is 5.72.